The van der Waals surface area contributed by atoms with E-state index < -0.39 is 0 Å². The summed E-state index contributed by atoms with van der Waals surface area (Å²) >= 11 is 5.47. The Bertz CT molecular complexity index is 106. The lowest BCUT2D eigenvalue weighted by molar-refractivity contribution is -0.121. The van der Waals surface area contributed by atoms with Gasteiger partial charge in [-0.3, -0.25) is 4.79 Å². The molecule has 0 rings (SSSR count). The first-order valence-corrected chi connectivity index (χ1v) is 4.09. The van der Waals surface area contributed by atoms with E-state index in [4.69, 9.17) is 11.6 Å². The third-order valence-corrected chi connectivity index (χ3v) is 1.49. The van der Waals surface area contributed by atoms with Gasteiger partial charge in [-0.15, -0.1) is 11.6 Å². The number of carbonyl (C=O) groups is 1. The van der Waals surface area contributed by atoms with Crippen LogP contribution in [0.3, 0.4) is 0 Å². The normalized spacial score (nSPS) is 12.7. The molecule has 2 nitrogen and oxygen atoms in total. The molecule has 0 bridgehead atoms. The van der Waals surface area contributed by atoms with E-state index in [1.165, 1.54) is 0 Å². The fraction of sp³-hybridized carbons (Fsp3) is 0.857. The van der Waals surface area contributed by atoms with Crippen molar-refractivity contribution >= 4 is 17.5 Å². The van der Waals surface area contributed by atoms with Crippen LogP contribution in [-0.4, -0.2) is 17.8 Å². The summed E-state index contributed by atoms with van der Waals surface area (Å²) in [4.78, 5) is 10.7. The van der Waals surface area contributed by atoms with Gasteiger partial charge < -0.3 is 5.32 Å². The highest BCUT2D eigenvalue weighted by Crippen LogP contribution is 1.92. The van der Waals surface area contributed by atoms with Crippen LogP contribution in [0, 0.1) is 0 Å². The fourth-order valence-corrected chi connectivity index (χ4v) is 0.940. The quantitative estimate of drug-likeness (QED) is 0.626. The molecule has 0 spiro atoms. The zero-order valence-corrected chi connectivity index (χ0v) is 7.24. The van der Waals surface area contributed by atoms with Gasteiger partial charge in [0.2, 0.25) is 5.91 Å². The Morgan fingerprint density at radius 2 is 2.30 bits per heavy atom. The molecule has 0 aromatic rings. The minimum absolute atomic E-state index is 0.0950. The second-order valence-electron chi connectivity index (χ2n) is 2.30. The number of amides is 1. The minimum atomic E-state index is 0.0950. The van der Waals surface area contributed by atoms with Crippen LogP contribution >= 0.6 is 11.6 Å². The number of carbonyl (C=O) groups excluding carboxylic acids is 1. The van der Waals surface area contributed by atoms with Gasteiger partial charge in [0, 0.05) is 18.3 Å². The first-order chi connectivity index (χ1) is 4.70. The van der Waals surface area contributed by atoms with E-state index in [0.717, 1.165) is 6.42 Å². The molecule has 0 radical (unpaired) electrons. The Kier molecular flexibility index (Phi) is 5.40. The summed E-state index contributed by atoms with van der Waals surface area (Å²) in [6, 6.07) is 0.213. The van der Waals surface area contributed by atoms with Crippen molar-refractivity contribution in [3.05, 3.63) is 0 Å². The van der Waals surface area contributed by atoms with Crippen LogP contribution in [0.2, 0.25) is 0 Å². The Morgan fingerprint density at radius 3 is 2.70 bits per heavy atom. The zero-order chi connectivity index (χ0) is 7.98. The molecule has 0 fully saturated rings. The standard InChI is InChI=1S/C7H14ClNO/c1-3-7(10)9-6(2)4-5-8/h6H,3-5H2,1-2H3,(H,9,10). The van der Waals surface area contributed by atoms with Crippen LogP contribution in [-0.2, 0) is 4.79 Å². The number of halogens is 1. The molecule has 1 N–H and O–H groups in total. The molecule has 3 heteroatoms. The molecule has 0 aliphatic heterocycles. The maximum absolute atomic E-state index is 10.7. The Labute approximate surface area is 66.9 Å². The van der Waals surface area contributed by atoms with Gasteiger partial charge in [0.1, 0.15) is 0 Å². The van der Waals surface area contributed by atoms with Crippen molar-refractivity contribution in [2.75, 3.05) is 5.88 Å². The maximum Gasteiger partial charge on any atom is 0.219 e. The number of nitrogens with one attached hydrogen (secondary N) is 1. The van der Waals surface area contributed by atoms with Gasteiger partial charge in [0.15, 0.2) is 0 Å². The van der Waals surface area contributed by atoms with Crippen molar-refractivity contribution in [2.45, 2.75) is 32.7 Å². The lowest BCUT2D eigenvalue weighted by Gasteiger charge is -2.10. The third-order valence-electron chi connectivity index (χ3n) is 1.27. The molecule has 0 heterocycles. The molecule has 0 aliphatic rings. The minimum Gasteiger partial charge on any atom is -0.354 e. The predicted octanol–water partition coefficient (Wildman–Crippen LogP) is 1.53. The van der Waals surface area contributed by atoms with Crippen LogP contribution in [0.5, 0.6) is 0 Å². The molecule has 0 saturated carbocycles. The van der Waals surface area contributed by atoms with Crippen LogP contribution in [0.15, 0.2) is 0 Å². The molecule has 10 heavy (non-hydrogen) atoms. The van der Waals surface area contributed by atoms with Crippen LogP contribution in [0.1, 0.15) is 26.7 Å². The summed E-state index contributed by atoms with van der Waals surface area (Å²) in [5, 5.41) is 2.81. The Morgan fingerprint density at radius 1 is 1.70 bits per heavy atom. The van der Waals surface area contributed by atoms with E-state index in [1.54, 1.807) is 0 Å². The van der Waals surface area contributed by atoms with Crippen molar-refractivity contribution in [2.24, 2.45) is 0 Å². The van der Waals surface area contributed by atoms with E-state index in [9.17, 15) is 4.79 Å². The summed E-state index contributed by atoms with van der Waals surface area (Å²) in [6.45, 7) is 3.79. The molecule has 0 aromatic carbocycles. The Hall–Kier alpha value is -0.240. The number of hydrogen-bond acceptors (Lipinski definition) is 1. The summed E-state index contributed by atoms with van der Waals surface area (Å²) in [6.07, 6.45) is 1.39. The molecule has 0 aliphatic carbocycles. The molecule has 60 valence electrons. The average molecular weight is 164 g/mol. The summed E-state index contributed by atoms with van der Waals surface area (Å²) in [7, 11) is 0. The fourth-order valence-electron chi connectivity index (χ4n) is 0.613. The molecular formula is C7H14ClNO. The van der Waals surface area contributed by atoms with Gasteiger partial charge >= 0.3 is 0 Å². The molecule has 1 amide bonds. The SMILES string of the molecule is CCC(=O)NC(C)CCCl. The zero-order valence-electron chi connectivity index (χ0n) is 6.48. The van der Waals surface area contributed by atoms with Gasteiger partial charge in [-0.1, -0.05) is 6.92 Å². The van der Waals surface area contributed by atoms with Gasteiger partial charge in [-0.2, -0.15) is 0 Å². The van der Waals surface area contributed by atoms with Gasteiger partial charge in [-0.25, -0.2) is 0 Å². The highest BCUT2D eigenvalue weighted by atomic mass is 35.5. The largest absolute Gasteiger partial charge is 0.354 e. The van der Waals surface area contributed by atoms with Crippen LogP contribution in [0.4, 0.5) is 0 Å². The monoisotopic (exact) mass is 163 g/mol. The van der Waals surface area contributed by atoms with Crippen LogP contribution < -0.4 is 5.32 Å². The van der Waals surface area contributed by atoms with Crippen molar-refractivity contribution in [1.29, 1.82) is 0 Å². The van der Waals surface area contributed by atoms with E-state index in [2.05, 4.69) is 5.32 Å². The van der Waals surface area contributed by atoms with Crippen molar-refractivity contribution in [3.63, 3.8) is 0 Å². The maximum atomic E-state index is 10.7. The Balaban J connectivity index is 3.37. The smallest absolute Gasteiger partial charge is 0.219 e. The topological polar surface area (TPSA) is 29.1 Å². The number of hydrogen-bond donors (Lipinski definition) is 1. The molecular weight excluding hydrogens is 150 g/mol. The molecule has 1 unspecified atom stereocenters. The van der Waals surface area contributed by atoms with E-state index in [0.29, 0.717) is 12.3 Å². The summed E-state index contributed by atoms with van der Waals surface area (Å²) in [5.41, 5.74) is 0. The third kappa shape index (κ3) is 4.62. The average Bonchev–Trinajstić information content (AvgIpc) is 1.88. The second kappa shape index (κ2) is 5.54. The number of alkyl halides is 1. The molecule has 1 atom stereocenters. The van der Waals surface area contributed by atoms with E-state index in [-0.39, 0.29) is 11.9 Å². The van der Waals surface area contributed by atoms with E-state index >= 15 is 0 Å². The lowest BCUT2D eigenvalue weighted by Crippen LogP contribution is -2.32. The lowest BCUT2D eigenvalue weighted by atomic mass is 10.2. The van der Waals surface area contributed by atoms with Gasteiger partial charge in [0.25, 0.3) is 0 Å². The van der Waals surface area contributed by atoms with Crippen LogP contribution in [0.25, 0.3) is 0 Å². The van der Waals surface area contributed by atoms with Crippen molar-refractivity contribution < 1.29 is 4.79 Å². The van der Waals surface area contributed by atoms with Crippen molar-refractivity contribution in [3.8, 4) is 0 Å². The molecule has 0 aromatic heterocycles. The summed E-state index contributed by atoms with van der Waals surface area (Å²) < 4.78 is 0. The summed E-state index contributed by atoms with van der Waals surface area (Å²) in [5.74, 6) is 0.697. The van der Waals surface area contributed by atoms with Crippen molar-refractivity contribution in [1.82, 2.24) is 5.32 Å². The number of rotatable bonds is 4. The van der Waals surface area contributed by atoms with Gasteiger partial charge in [0.05, 0.1) is 0 Å². The second-order valence-corrected chi connectivity index (χ2v) is 2.68. The first-order valence-electron chi connectivity index (χ1n) is 3.56. The van der Waals surface area contributed by atoms with E-state index in [1.807, 2.05) is 13.8 Å². The highest BCUT2D eigenvalue weighted by Gasteiger charge is 2.02. The molecule has 0 saturated heterocycles. The first kappa shape index (κ1) is 9.76. The predicted molar refractivity (Wildman–Crippen MR) is 43.2 cm³/mol. The van der Waals surface area contributed by atoms with Gasteiger partial charge in [-0.05, 0) is 13.3 Å². The highest BCUT2D eigenvalue weighted by molar-refractivity contribution is 6.17.